The molecule has 0 radical (unpaired) electrons. The van der Waals surface area contributed by atoms with E-state index in [1.165, 1.54) is 12.4 Å². The number of fused-ring (bicyclic) bond motifs is 1. The summed E-state index contributed by atoms with van der Waals surface area (Å²) in [5, 5.41) is 3.01. The SMILES string of the molecule is Cc1ccc(NC2=C(Br)C(=O)c3nccnc3C2=O)cc1C. The van der Waals surface area contributed by atoms with Gasteiger partial charge in [0.1, 0.15) is 17.1 Å². The summed E-state index contributed by atoms with van der Waals surface area (Å²) in [7, 11) is 0. The van der Waals surface area contributed by atoms with Gasteiger partial charge in [0.25, 0.3) is 0 Å². The molecule has 0 atom stereocenters. The molecule has 0 spiro atoms. The molecule has 1 aromatic carbocycles. The Balaban J connectivity index is 2.03. The molecule has 2 aromatic rings. The Labute approximate surface area is 135 Å². The van der Waals surface area contributed by atoms with Gasteiger partial charge in [-0.1, -0.05) is 6.07 Å². The number of nitrogens with one attached hydrogen (secondary N) is 1. The minimum Gasteiger partial charge on any atom is -0.351 e. The average Bonchev–Trinajstić information content (AvgIpc) is 2.53. The molecule has 0 fully saturated rings. The zero-order valence-electron chi connectivity index (χ0n) is 12.0. The second kappa shape index (κ2) is 5.46. The Kier molecular flexibility index (Phi) is 3.62. The van der Waals surface area contributed by atoms with Gasteiger partial charge >= 0.3 is 0 Å². The maximum Gasteiger partial charge on any atom is 0.231 e. The summed E-state index contributed by atoms with van der Waals surface area (Å²) < 4.78 is 0.170. The molecule has 0 bridgehead atoms. The molecule has 3 rings (SSSR count). The van der Waals surface area contributed by atoms with E-state index in [9.17, 15) is 9.59 Å². The minimum absolute atomic E-state index is 0.0713. The molecule has 0 amide bonds. The number of hydrogen-bond acceptors (Lipinski definition) is 5. The molecule has 22 heavy (non-hydrogen) atoms. The van der Waals surface area contributed by atoms with Crippen LogP contribution in [-0.2, 0) is 0 Å². The molecule has 6 heteroatoms. The van der Waals surface area contributed by atoms with E-state index in [4.69, 9.17) is 0 Å². The van der Waals surface area contributed by atoms with Crippen LogP contribution in [0.1, 0.15) is 32.1 Å². The van der Waals surface area contributed by atoms with Gasteiger partial charge in [-0.05, 0) is 53.0 Å². The van der Waals surface area contributed by atoms with Crippen molar-refractivity contribution in [2.24, 2.45) is 0 Å². The number of nitrogens with zero attached hydrogens (tertiary/aromatic N) is 2. The topological polar surface area (TPSA) is 72.0 Å². The van der Waals surface area contributed by atoms with Gasteiger partial charge in [0, 0.05) is 18.1 Å². The number of benzene rings is 1. The number of hydrogen-bond donors (Lipinski definition) is 1. The van der Waals surface area contributed by atoms with E-state index < -0.39 is 0 Å². The lowest BCUT2D eigenvalue weighted by Gasteiger charge is -2.18. The molecule has 1 N–H and O–H groups in total. The molecule has 1 aromatic heterocycles. The number of Topliss-reactive ketones (excluding diaryl/α,β-unsaturated/α-hetero) is 2. The summed E-state index contributed by atoms with van der Waals surface area (Å²) >= 11 is 3.20. The van der Waals surface area contributed by atoms with Crippen LogP contribution in [0.25, 0.3) is 0 Å². The first-order valence-corrected chi connectivity index (χ1v) is 7.43. The van der Waals surface area contributed by atoms with Gasteiger partial charge in [-0.2, -0.15) is 0 Å². The molecule has 1 heterocycles. The first-order valence-electron chi connectivity index (χ1n) is 6.63. The summed E-state index contributed by atoms with van der Waals surface area (Å²) in [6.07, 6.45) is 2.79. The smallest absolute Gasteiger partial charge is 0.231 e. The van der Waals surface area contributed by atoms with Crippen LogP contribution in [0.4, 0.5) is 5.69 Å². The van der Waals surface area contributed by atoms with Crippen molar-refractivity contribution in [2.75, 3.05) is 5.32 Å². The third-order valence-electron chi connectivity index (χ3n) is 3.55. The highest BCUT2D eigenvalue weighted by molar-refractivity contribution is 9.12. The highest BCUT2D eigenvalue weighted by atomic mass is 79.9. The fourth-order valence-electron chi connectivity index (χ4n) is 2.18. The third-order valence-corrected chi connectivity index (χ3v) is 4.31. The van der Waals surface area contributed by atoms with E-state index in [-0.39, 0.29) is 33.1 Å². The Morgan fingerprint density at radius 2 is 1.59 bits per heavy atom. The number of anilines is 1. The highest BCUT2D eigenvalue weighted by Gasteiger charge is 2.33. The van der Waals surface area contributed by atoms with Crippen molar-refractivity contribution in [3.05, 3.63) is 63.3 Å². The highest BCUT2D eigenvalue weighted by Crippen LogP contribution is 2.28. The van der Waals surface area contributed by atoms with Gasteiger partial charge < -0.3 is 5.32 Å². The van der Waals surface area contributed by atoms with Crippen LogP contribution in [-0.4, -0.2) is 21.5 Å². The van der Waals surface area contributed by atoms with E-state index in [1.54, 1.807) is 0 Å². The Hall–Kier alpha value is -2.34. The lowest BCUT2D eigenvalue weighted by atomic mass is 10.0. The predicted octanol–water partition coefficient (Wildman–Crippen LogP) is 3.19. The third kappa shape index (κ3) is 2.35. The van der Waals surface area contributed by atoms with Crippen molar-refractivity contribution < 1.29 is 9.59 Å². The van der Waals surface area contributed by atoms with Gasteiger partial charge in [0.2, 0.25) is 11.6 Å². The average molecular weight is 358 g/mol. The quantitative estimate of drug-likeness (QED) is 0.893. The first kappa shape index (κ1) is 14.6. The molecule has 1 aliphatic rings. The van der Waals surface area contributed by atoms with Crippen LogP contribution >= 0.6 is 15.9 Å². The lowest BCUT2D eigenvalue weighted by molar-refractivity contribution is 0.0975. The van der Waals surface area contributed by atoms with Crippen molar-refractivity contribution in [1.29, 1.82) is 0 Å². The van der Waals surface area contributed by atoms with Crippen LogP contribution in [0, 0.1) is 13.8 Å². The summed E-state index contributed by atoms with van der Waals surface area (Å²) in [6.45, 7) is 3.99. The van der Waals surface area contributed by atoms with Crippen molar-refractivity contribution in [3.8, 4) is 0 Å². The number of carbonyl (C=O) groups is 2. The van der Waals surface area contributed by atoms with Crippen LogP contribution in [0.3, 0.4) is 0 Å². The van der Waals surface area contributed by atoms with Crippen molar-refractivity contribution in [1.82, 2.24) is 9.97 Å². The maximum atomic E-state index is 12.5. The Bertz CT molecular complexity index is 843. The number of rotatable bonds is 2. The van der Waals surface area contributed by atoms with E-state index in [1.807, 2.05) is 32.0 Å². The molecule has 1 aliphatic carbocycles. The number of aryl methyl sites for hydroxylation is 2. The van der Waals surface area contributed by atoms with Crippen molar-refractivity contribution in [2.45, 2.75) is 13.8 Å². The zero-order chi connectivity index (χ0) is 15.9. The van der Waals surface area contributed by atoms with E-state index in [0.29, 0.717) is 0 Å². The number of halogens is 1. The van der Waals surface area contributed by atoms with Crippen LogP contribution < -0.4 is 5.32 Å². The van der Waals surface area contributed by atoms with Gasteiger partial charge in [0.05, 0.1) is 4.48 Å². The monoisotopic (exact) mass is 357 g/mol. The van der Waals surface area contributed by atoms with Gasteiger partial charge in [0.15, 0.2) is 0 Å². The minimum atomic E-state index is -0.354. The Morgan fingerprint density at radius 3 is 2.23 bits per heavy atom. The van der Waals surface area contributed by atoms with E-state index in [0.717, 1.165) is 16.8 Å². The standard InChI is InChI=1S/C16H12BrN3O2/c1-8-3-4-10(7-9(8)2)20-12-11(17)15(21)13-14(16(12)22)19-6-5-18-13/h3-7,20H,1-2H3. The molecule has 5 nitrogen and oxygen atoms in total. The summed E-state index contributed by atoms with van der Waals surface area (Å²) in [4.78, 5) is 32.7. The molecule has 0 unspecified atom stereocenters. The lowest BCUT2D eigenvalue weighted by Crippen LogP contribution is -2.26. The number of carbonyl (C=O) groups excluding carboxylic acids is 2. The second-order valence-electron chi connectivity index (χ2n) is 5.02. The summed E-state index contributed by atoms with van der Waals surface area (Å²) in [5.41, 5.74) is 3.31. The van der Waals surface area contributed by atoms with E-state index in [2.05, 4.69) is 31.2 Å². The first-order chi connectivity index (χ1) is 10.5. The largest absolute Gasteiger partial charge is 0.351 e. The molecular weight excluding hydrogens is 346 g/mol. The van der Waals surface area contributed by atoms with Gasteiger partial charge in [-0.3, -0.25) is 9.59 Å². The molecular formula is C16H12BrN3O2. The predicted molar refractivity (Wildman–Crippen MR) is 86.2 cm³/mol. The van der Waals surface area contributed by atoms with Crippen LogP contribution in [0.15, 0.2) is 40.8 Å². The zero-order valence-corrected chi connectivity index (χ0v) is 13.6. The number of aromatic nitrogens is 2. The van der Waals surface area contributed by atoms with Crippen LogP contribution in [0.2, 0.25) is 0 Å². The molecule has 0 saturated heterocycles. The molecule has 110 valence electrons. The van der Waals surface area contributed by atoms with E-state index >= 15 is 0 Å². The molecule has 0 aliphatic heterocycles. The van der Waals surface area contributed by atoms with Gasteiger partial charge in [-0.25, -0.2) is 9.97 Å². The van der Waals surface area contributed by atoms with Crippen LogP contribution in [0.5, 0.6) is 0 Å². The fourth-order valence-corrected chi connectivity index (χ4v) is 2.65. The normalized spacial score (nSPS) is 14.1. The number of ketones is 2. The summed E-state index contributed by atoms with van der Waals surface area (Å²) in [5.74, 6) is -0.707. The van der Waals surface area contributed by atoms with Crippen molar-refractivity contribution >= 4 is 33.2 Å². The second-order valence-corrected chi connectivity index (χ2v) is 5.82. The van der Waals surface area contributed by atoms with Crippen molar-refractivity contribution in [3.63, 3.8) is 0 Å². The van der Waals surface area contributed by atoms with Gasteiger partial charge in [-0.15, -0.1) is 0 Å². The molecule has 0 saturated carbocycles. The summed E-state index contributed by atoms with van der Waals surface area (Å²) in [6, 6.07) is 5.74. The number of allylic oxidation sites excluding steroid dienone is 2. The maximum absolute atomic E-state index is 12.5. The Morgan fingerprint density at radius 1 is 0.955 bits per heavy atom. The fraction of sp³-hybridized carbons (Fsp3) is 0.125.